The second-order valence-corrected chi connectivity index (χ2v) is 4.40. The molecule has 17 heavy (non-hydrogen) atoms. The van der Waals surface area contributed by atoms with Gasteiger partial charge in [-0.15, -0.1) is 0 Å². The molecule has 0 atom stereocenters. The van der Waals surface area contributed by atoms with Gasteiger partial charge in [0.05, 0.1) is 5.56 Å². The lowest BCUT2D eigenvalue weighted by molar-refractivity contribution is 0.0696. The van der Waals surface area contributed by atoms with E-state index in [4.69, 9.17) is 10.5 Å². The van der Waals surface area contributed by atoms with Gasteiger partial charge in [0, 0.05) is 24.9 Å². The van der Waals surface area contributed by atoms with E-state index in [1.54, 1.807) is 6.07 Å². The van der Waals surface area contributed by atoms with Crippen LogP contribution in [0.2, 0.25) is 0 Å². The lowest BCUT2D eigenvalue weighted by Gasteiger charge is -2.23. The van der Waals surface area contributed by atoms with Gasteiger partial charge in [-0.25, -0.2) is 0 Å². The van der Waals surface area contributed by atoms with Crippen LogP contribution in [0.25, 0.3) is 0 Å². The van der Waals surface area contributed by atoms with Crippen molar-refractivity contribution in [1.29, 1.82) is 0 Å². The maximum atomic E-state index is 12.1. The molecule has 92 valence electrons. The number of hydrogen-bond acceptors (Lipinski definition) is 3. The van der Waals surface area contributed by atoms with E-state index < -0.39 is 0 Å². The van der Waals surface area contributed by atoms with Crippen LogP contribution in [0.1, 0.15) is 28.8 Å². The molecule has 1 aromatic rings. The number of ether oxygens (including phenoxy) is 1. The minimum Gasteiger partial charge on any atom is -0.398 e. The zero-order valence-corrected chi connectivity index (χ0v) is 10.0. The fraction of sp³-hybridized carbons (Fsp3) is 0.462. The van der Waals surface area contributed by atoms with E-state index >= 15 is 0 Å². The predicted octanol–water partition coefficient (Wildman–Crippen LogP) is 1.49. The molecule has 3 N–H and O–H groups in total. The molecule has 1 amide bonds. The molecule has 0 unspecified atom stereocenters. The molecule has 4 heteroatoms. The zero-order chi connectivity index (χ0) is 12.3. The maximum Gasteiger partial charge on any atom is 0.253 e. The number of carbonyl (C=O) groups is 1. The Morgan fingerprint density at radius 1 is 1.41 bits per heavy atom. The summed E-state index contributed by atoms with van der Waals surface area (Å²) in [5.41, 5.74) is 7.89. The Hall–Kier alpha value is -1.55. The van der Waals surface area contributed by atoms with E-state index in [-0.39, 0.29) is 11.9 Å². The van der Waals surface area contributed by atoms with Gasteiger partial charge in [-0.2, -0.15) is 0 Å². The fourth-order valence-electron chi connectivity index (χ4n) is 2.10. The van der Waals surface area contributed by atoms with Gasteiger partial charge in [-0.1, -0.05) is 12.1 Å². The van der Waals surface area contributed by atoms with Crippen LogP contribution in [0.4, 0.5) is 5.69 Å². The molecule has 1 saturated heterocycles. The molecule has 4 nitrogen and oxygen atoms in total. The monoisotopic (exact) mass is 234 g/mol. The number of benzene rings is 1. The number of nitrogens with one attached hydrogen (secondary N) is 1. The van der Waals surface area contributed by atoms with Gasteiger partial charge < -0.3 is 15.8 Å². The maximum absolute atomic E-state index is 12.1. The Bertz CT molecular complexity index is 392. The average molecular weight is 234 g/mol. The molecule has 1 heterocycles. The highest BCUT2D eigenvalue weighted by Crippen LogP contribution is 2.17. The van der Waals surface area contributed by atoms with Gasteiger partial charge in [0.15, 0.2) is 0 Å². The SMILES string of the molecule is Cc1cccc(N)c1C(=O)NC1CCOCC1. The molecule has 0 aliphatic carbocycles. The number of carbonyl (C=O) groups excluding carboxylic acids is 1. The van der Waals surface area contributed by atoms with Crippen LogP contribution >= 0.6 is 0 Å². The molecular formula is C13H18N2O2. The summed E-state index contributed by atoms with van der Waals surface area (Å²) >= 11 is 0. The van der Waals surface area contributed by atoms with E-state index in [1.807, 2.05) is 19.1 Å². The van der Waals surface area contributed by atoms with E-state index in [1.165, 1.54) is 0 Å². The molecule has 0 spiro atoms. The normalized spacial score (nSPS) is 16.8. The van der Waals surface area contributed by atoms with Crippen molar-refractivity contribution >= 4 is 11.6 Å². The molecule has 0 radical (unpaired) electrons. The summed E-state index contributed by atoms with van der Waals surface area (Å²) in [6, 6.07) is 5.71. The van der Waals surface area contributed by atoms with Crippen molar-refractivity contribution in [2.75, 3.05) is 18.9 Å². The first-order valence-electron chi connectivity index (χ1n) is 5.92. The van der Waals surface area contributed by atoms with Crippen LogP contribution in [-0.4, -0.2) is 25.2 Å². The molecule has 0 aromatic heterocycles. The zero-order valence-electron chi connectivity index (χ0n) is 10.0. The Morgan fingerprint density at radius 3 is 2.76 bits per heavy atom. The topological polar surface area (TPSA) is 64.4 Å². The van der Waals surface area contributed by atoms with Crippen molar-refractivity contribution in [3.63, 3.8) is 0 Å². The first kappa shape index (κ1) is 11.9. The number of hydrogen-bond donors (Lipinski definition) is 2. The van der Waals surface area contributed by atoms with Crippen molar-refractivity contribution in [2.45, 2.75) is 25.8 Å². The first-order valence-corrected chi connectivity index (χ1v) is 5.92. The van der Waals surface area contributed by atoms with Crippen LogP contribution in [-0.2, 0) is 4.74 Å². The van der Waals surface area contributed by atoms with Gasteiger partial charge in [0.1, 0.15) is 0 Å². The van der Waals surface area contributed by atoms with Crippen molar-refractivity contribution in [3.05, 3.63) is 29.3 Å². The molecule has 0 saturated carbocycles. The van der Waals surface area contributed by atoms with E-state index in [0.29, 0.717) is 24.5 Å². The highest BCUT2D eigenvalue weighted by molar-refractivity contribution is 6.00. The number of nitrogen functional groups attached to an aromatic ring is 1. The van der Waals surface area contributed by atoms with Crippen molar-refractivity contribution in [2.24, 2.45) is 0 Å². The third kappa shape index (κ3) is 2.77. The predicted molar refractivity (Wildman–Crippen MR) is 66.9 cm³/mol. The van der Waals surface area contributed by atoms with Crippen LogP contribution in [0.5, 0.6) is 0 Å². The molecule has 0 bridgehead atoms. The average Bonchev–Trinajstić information content (AvgIpc) is 2.30. The first-order chi connectivity index (χ1) is 8.18. The molecule has 1 aromatic carbocycles. The molecular weight excluding hydrogens is 216 g/mol. The lowest BCUT2D eigenvalue weighted by atomic mass is 10.0. The number of rotatable bonds is 2. The fourth-order valence-corrected chi connectivity index (χ4v) is 2.10. The smallest absolute Gasteiger partial charge is 0.253 e. The number of amides is 1. The van der Waals surface area contributed by atoms with Gasteiger partial charge in [0.25, 0.3) is 5.91 Å². The minimum atomic E-state index is -0.0764. The lowest BCUT2D eigenvalue weighted by Crippen LogP contribution is -2.39. The highest BCUT2D eigenvalue weighted by atomic mass is 16.5. The standard InChI is InChI=1S/C13H18N2O2/c1-9-3-2-4-11(14)12(9)13(16)15-10-5-7-17-8-6-10/h2-4,10H,5-8,14H2,1H3,(H,15,16). The Morgan fingerprint density at radius 2 is 2.12 bits per heavy atom. The molecule has 1 fully saturated rings. The highest BCUT2D eigenvalue weighted by Gasteiger charge is 2.19. The molecule has 1 aliphatic heterocycles. The second-order valence-electron chi connectivity index (χ2n) is 4.40. The van der Waals surface area contributed by atoms with Gasteiger partial charge >= 0.3 is 0 Å². The second kappa shape index (κ2) is 5.19. The van der Waals surface area contributed by atoms with Crippen LogP contribution in [0.3, 0.4) is 0 Å². The molecule has 1 aliphatic rings. The Balaban J connectivity index is 2.08. The van der Waals surface area contributed by atoms with Gasteiger partial charge in [0.2, 0.25) is 0 Å². The number of aryl methyl sites for hydroxylation is 1. The van der Waals surface area contributed by atoms with E-state index in [2.05, 4.69) is 5.32 Å². The van der Waals surface area contributed by atoms with E-state index in [9.17, 15) is 4.79 Å². The summed E-state index contributed by atoms with van der Waals surface area (Å²) in [5, 5.41) is 3.02. The Labute approximate surface area is 101 Å². The van der Waals surface area contributed by atoms with Gasteiger partial charge in [-0.05, 0) is 31.4 Å². The summed E-state index contributed by atoms with van der Waals surface area (Å²) in [4.78, 5) is 12.1. The summed E-state index contributed by atoms with van der Waals surface area (Å²) in [6.07, 6.45) is 1.75. The Kier molecular flexibility index (Phi) is 3.64. The molecule has 2 rings (SSSR count). The van der Waals surface area contributed by atoms with Crippen molar-refractivity contribution < 1.29 is 9.53 Å². The van der Waals surface area contributed by atoms with Crippen LogP contribution in [0, 0.1) is 6.92 Å². The van der Waals surface area contributed by atoms with Crippen molar-refractivity contribution in [1.82, 2.24) is 5.32 Å². The third-order valence-electron chi connectivity index (χ3n) is 3.09. The van der Waals surface area contributed by atoms with Gasteiger partial charge in [-0.3, -0.25) is 4.79 Å². The minimum absolute atomic E-state index is 0.0764. The number of anilines is 1. The largest absolute Gasteiger partial charge is 0.398 e. The van der Waals surface area contributed by atoms with E-state index in [0.717, 1.165) is 18.4 Å². The summed E-state index contributed by atoms with van der Waals surface area (Å²) in [5.74, 6) is -0.0764. The quantitative estimate of drug-likeness (QED) is 0.762. The number of nitrogens with two attached hydrogens (primary N) is 1. The van der Waals surface area contributed by atoms with Crippen LogP contribution < -0.4 is 11.1 Å². The third-order valence-corrected chi connectivity index (χ3v) is 3.09. The summed E-state index contributed by atoms with van der Waals surface area (Å²) in [6.45, 7) is 3.33. The van der Waals surface area contributed by atoms with Crippen LogP contribution in [0.15, 0.2) is 18.2 Å². The summed E-state index contributed by atoms with van der Waals surface area (Å²) in [7, 11) is 0. The van der Waals surface area contributed by atoms with Crippen molar-refractivity contribution in [3.8, 4) is 0 Å². The summed E-state index contributed by atoms with van der Waals surface area (Å²) < 4.78 is 5.26.